The summed E-state index contributed by atoms with van der Waals surface area (Å²) in [6.45, 7) is 8.24. The highest BCUT2D eigenvalue weighted by Gasteiger charge is 2.25. The van der Waals surface area contributed by atoms with Crippen LogP contribution in [0.1, 0.15) is 20.3 Å². The van der Waals surface area contributed by atoms with Crippen molar-refractivity contribution < 1.29 is 19.2 Å². The second kappa shape index (κ2) is 10.0. The predicted molar refractivity (Wildman–Crippen MR) is 102 cm³/mol. The molecule has 1 aromatic rings. The Morgan fingerprint density at radius 3 is 2.62 bits per heavy atom. The molecular weight excluding hydrogens is 332 g/mol. The zero-order chi connectivity index (χ0) is 18.9. The van der Waals surface area contributed by atoms with Crippen LogP contribution < -0.4 is 25.2 Å². The van der Waals surface area contributed by atoms with Gasteiger partial charge in [-0.05, 0) is 25.5 Å². The van der Waals surface area contributed by atoms with Gasteiger partial charge >= 0.3 is 0 Å². The van der Waals surface area contributed by atoms with Crippen molar-refractivity contribution in [1.82, 2.24) is 10.6 Å². The smallest absolute Gasteiger partial charge is 0.275 e. The first-order valence-corrected chi connectivity index (χ1v) is 9.33. The third-order valence-electron chi connectivity index (χ3n) is 4.63. The van der Waals surface area contributed by atoms with E-state index in [-0.39, 0.29) is 11.8 Å². The summed E-state index contributed by atoms with van der Waals surface area (Å²) in [4.78, 5) is 27.6. The Morgan fingerprint density at radius 2 is 1.96 bits per heavy atom. The van der Waals surface area contributed by atoms with Gasteiger partial charge in [0.25, 0.3) is 5.91 Å². The molecule has 0 aliphatic carbocycles. The molecule has 2 rings (SSSR count). The van der Waals surface area contributed by atoms with E-state index in [1.807, 2.05) is 25.1 Å². The van der Waals surface area contributed by atoms with E-state index in [1.165, 1.54) is 4.90 Å². The molecule has 3 N–H and O–H groups in total. The zero-order valence-electron chi connectivity index (χ0n) is 16.0. The number of hydrogen-bond donors (Lipinski definition) is 3. The number of methoxy groups -OCH3 is 1. The second-order valence-electron chi connectivity index (χ2n) is 6.67. The van der Waals surface area contributed by atoms with Crippen LogP contribution in [0.2, 0.25) is 0 Å². The van der Waals surface area contributed by atoms with E-state index >= 15 is 0 Å². The standard InChI is InChI=1S/C19H30N4O3/c1-4-9-20-19(25)15(2)21-18(24)14-22-10-12-23(13-11-22)16-7-5-6-8-17(16)26-3/h5-8,15H,4,9-14H2,1-3H3,(H,20,25)(H,21,24)/p+1/t15-/m0/s1. The number of piperazine rings is 1. The predicted octanol–water partition coefficient (Wildman–Crippen LogP) is -0.569. The Hall–Kier alpha value is -2.28. The van der Waals surface area contributed by atoms with Crippen LogP contribution in [0.3, 0.4) is 0 Å². The number of ether oxygens (including phenoxy) is 1. The molecule has 1 fully saturated rings. The molecule has 144 valence electrons. The molecule has 0 unspecified atom stereocenters. The molecule has 2 amide bonds. The van der Waals surface area contributed by atoms with Crippen LogP contribution in [0, 0.1) is 0 Å². The maximum atomic E-state index is 12.2. The van der Waals surface area contributed by atoms with Crippen molar-refractivity contribution in [3.05, 3.63) is 24.3 Å². The van der Waals surface area contributed by atoms with Gasteiger partial charge in [0.1, 0.15) is 11.8 Å². The average molecular weight is 363 g/mol. The lowest BCUT2D eigenvalue weighted by atomic mass is 10.2. The van der Waals surface area contributed by atoms with Crippen molar-refractivity contribution in [3.8, 4) is 5.75 Å². The summed E-state index contributed by atoms with van der Waals surface area (Å²) < 4.78 is 5.43. The fraction of sp³-hybridized carbons (Fsp3) is 0.579. The van der Waals surface area contributed by atoms with Crippen molar-refractivity contribution in [1.29, 1.82) is 0 Å². The van der Waals surface area contributed by atoms with Crippen molar-refractivity contribution in [3.63, 3.8) is 0 Å². The monoisotopic (exact) mass is 363 g/mol. The molecule has 1 atom stereocenters. The van der Waals surface area contributed by atoms with Crippen molar-refractivity contribution in [2.75, 3.05) is 51.3 Å². The lowest BCUT2D eigenvalue weighted by Crippen LogP contribution is -3.16. The molecule has 1 saturated heterocycles. The normalized spacial score (nSPS) is 16.0. The molecular formula is C19H31N4O3+. The van der Waals surface area contributed by atoms with Gasteiger partial charge in [0.15, 0.2) is 6.54 Å². The van der Waals surface area contributed by atoms with E-state index in [0.29, 0.717) is 13.1 Å². The van der Waals surface area contributed by atoms with Gasteiger partial charge in [0.05, 0.1) is 39.0 Å². The number of hydrogen-bond acceptors (Lipinski definition) is 4. The van der Waals surface area contributed by atoms with Crippen LogP contribution in [0.4, 0.5) is 5.69 Å². The number of carbonyl (C=O) groups is 2. The molecule has 0 saturated carbocycles. The molecule has 7 nitrogen and oxygen atoms in total. The summed E-state index contributed by atoms with van der Waals surface area (Å²) >= 11 is 0. The van der Waals surface area contributed by atoms with Crippen LogP contribution in [0.25, 0.3) is 0 Å². The molecule has 7 heteroatoms. The topological polar surface area (TPSA) is 75.1 Å². The molecule has 1 aromatic carbocycles. The van der Waals surface area contributed by atoms with E-state index in [4.69, 9.17) is 4.74 Å². The van der Waals surface area contributed by atoms with Crippen LogP contribution in [0.15, 0.2) is 24.3 Å². The minimum Gasteiger partial charge on any atom is -0.495 e. The zero-order valence-corrected chi connectivity index (χ0v) is 16.0. The summed E-state index contributed by atoms with van der Waals surface area (Å²) in [5, 5.41) is 5.59. The van der Waals surface area contributed by atoms with Gasteiger partial charge in [-0.1, -0.05) is 19.1 Å². The van der Waals surface area contributed by atoms with Gasteiger partial charge in [0.2, 0.25) is 5.91 Å². The molecule has 0 spiro atoms. The molecule has 1 heterocycles. The van der Waals surface area contributed by atoms with E-state index in [0.717, 1.165) is 44.0 Å². The minimum atomic E-state index is -0.497. The summed E-state index contributed by atoms with van der Waals surface area (Å²) in [5.74, 6) is 0.668. The number of rotatable bonds is 8. The van der Waals surface area contributed by atoms with Crippen molar-refractivity contribution in [2.24, 2.45) is 0 Å². The first-order chi connectivity index (χ1) is 12.5. The van der Waals surface area contributed by atoms with Crippen LogP contribution in [-0.4, -0.2) is 64.2 Å². The van der Waals surface area contributed by atoms with E-state index in [2.05, 4.69) is 21.6 Å². The first-order valence-electron chi connectivity index (χ1n) is 9.33. The SMILES string of the molecule is CCCNC(=O)[C@H](C)NC(=O)C[NH+]1CCN(c2ccccc2OC)CC1. The Bertz CT molecular complexity index is 600. The number of carbonyl (C=O) groups excluding carboxylic acids is 2. The Balaban J connectivity index is 1.77. The number of para-hydroxylation sites is 2. The maximum Gasteiger partial charge on any atom is 0.275 e. The third kappa shape index (κ3) is 5.62. The quantitative estimate of drug-likeness (QED) is 0.578. The average Bonchev–Trinajstić information content (AvgIpc) is 2.66. The van der Waals surface area contributed by atoms with Gasteiger partial charge < -0.3 is 25.2 Å². The Morgan fingerprint density at radius 1 is 1.27 bits per heavy atom. The number of quaternary nitrogens is 1. The fourth-order valence-corrected chi connectivity index (χ4v) is 3.12. The number of nitrogens with zero attached hydrogens (tertiary/aromatic N) is 1. The molecule has 0 radical (unpaired) electrons. The number of anilines is 1. The van der Waals surface area contributed by atoms with Crippen LogP contribution in [-0.2, 0) is 9.59 Å². The highest BCUT2D eigenvalue weighted by molar-refractivity contribution is 5.87. The van der Waals surface area contributed by atoms with Crippen LogP contribution >= 0.6 is 0 Å². The van der Waals surface area contributed by atoms with E-state index in [9.17, 15) is 9.59 Å². The largest absolute Gasteiger partial charge is 0.495 e. The summed E-state index contributed by atoms with van der Waals surface area (Å²) in [6.07, 6.45) is 0.882. The summed E-state index contributed by atoms with van der Waals surface area (Å²) in [5.41, 5.74) is 1.10. The molecule has 0 bridgehead atoms. The highest BCUT2D eigenvalue weighted by Crippen LogP contribution is 2.27. The molecule has 1 aliphatic heterocycles. The highest BCUT2D eigenvalue weighted by atomic mass is 16.5. The van der Waals surface area contributed by atoms with E-state index in [1.54, 1.807) is 14.0 Å². The third-order valence-corrected chi connectivity index (χ3v) is 4.63. The summed E-state index contributed by atoms with van der Waals surface area (Å²) in [7, 11) is 1.68. The maximum absolute atomic E-state index is 12.2. The lowest BCUT2D eigenvalue weighted by Gasteiger charge is -2.34. The van der Waals surface area contributed by atoms with Crippen molar-refractivity contribution >= 4 is 17.5 Å². The first kappa shape index (κ1) is 20.0. The number of amides is 2. The van der Waals surface area contributed by atoms with E-state index < -0.39 is 6.04 Å². The Kier molecular flexibility index (Phi) is 7.72. The van der Waals surface area contributed by atoms with Crippen LogP contribution in [0.5, 0.6) is 5.75 Å². The fourth-order valence-electron chi connectivity index (χ4n) is 3.12. The second-order valence-corrected chi connectivity index (χ2v) is 6.67. The number of nitrogens with one attached hydrogen (secondary N) is 3. The molecule has 1 aliphatic rings. The Labute approximate surface area is 155 Å². The van der Waals surface area contributed by atoms with Gasteiger partial charge in [0, 0.05) is 6.54 Å². The molecule has 0 aromatic heterocycles. The van der Waals surface area contributed by atoms with Gasteiger partial charge in [-0.15, -0.1) is 0 Å². The summed E-state index contributed by atoms with van der Waals surface area (Å²) in [6, 6.07) is 7.50. The molecule has 26 heavy (non-hydrogen) atoms. The van der Waals surface area contributed by atoms with Crippen molar-refractivity contribution in [2.45, 2.75) is 26.3 Å². The minimum absolute atomic E-state index is 0.0788. The number of benzene rings is 1. The van der Waals surface area contributed by atoms with Gasteiger partial charge in [-0.3, -0.25) is 9.59 Å². The van der Waals surface area contributed by atoms with Gasteiger partial charge in [-0.25, -0.2) is 0 Å². The lowest BCUT2D eigenvalue weighted by molar-refractivity contribution is -0.892. The van der Waals surface area contributed by atoms with Gasteiger partial charge in [-0.2, -0.15) is 0 Å².